The molecule has 0 fully saturated rings. The summed E-state index contributed by atoms with van der Waals surface area (Å²) in [4.78, 5) is 11.4. The highest BCUT2D eigenvalue weighted by atomic mass is 32.2. The first-order chi connectivity index (χ1) is 8.20. The maximum absolute atomic E-state index is 11.4. The molecule has 0 radical (unpaired) electrons. The molecule has 0 saturated carbocycles. The third kappa shape index (κ3) is 12.0. The smallest absolute Gasteiger partial charge is 0.163 e. The highest BCUT2D eigenvalue weighted by Gasteiger charge is 2.08. The maximum Gasteiger partial charge on any atom is 0.163 e. The van der Waals surface area contributed by atoms with E-state index in [-0.39, 0.29) is 11.5 Å². The van der Waals surface area contributed by atoms with Crippen molar-refractivity contribution >= 4 is 16.9 Å². The van der Waals surface area contributed by atoms with Crippen molar-refractivity contribution in [2.45, 2.75) is 65.2 Å². The fourth-order valence-corrected chi connectivity index (χ4v) is 2.26. The van der Waals surface area contributed by atoms with E-state index >= 15 is 0 Å². The van der Waals surface area contributed by atoms with Crippen LogP contribution in [0.5, 0.6) is 0 Å². The molecule has 102 valence electrons. The lowest BCUT2D eigenvalue weighted by Gasteiger charge is -2.02. The number of hydrogen-bond donors (Lipinski definition) is 0. The zero-order valence-corrected chi connectivity index (χ0v) is 12.0. The van der Waals surface area contributed by atoms with Gasteiger partial charge in [-0.05, 0) is 12.8 Å². The molecular weight excluding hydrogens is 236 g/mol. The lowest BCUT2D eigenvalue weighted by molar-refractivity contribution is -0.116. The topological polar surface area (TPSA) is 43.4 Å². The Bertz CT molecular complexity index is 217. The summed E-state index contributed by atoms with van der Waals surface area (Å²) in [6.07, 6.45) is 8.13. The van der Waals surface area contributed by atoms with Gasteiger partial charge >= 0.3 is 0 Å². The minimum atomic E-state index is -1.41. The van der Waals surface area contributed by atoms with Gasteiger partial charge in [0.2, 0.25) is 0 Å². The number of ketones is 1. The van der Waals surface area contributed by atoms with Gasteiger partial charge in [0.1, 0.15) is 11.5 Å². The van der Waals surface area contributed by atoms with Crippen LogP contribution in [0.2, 0.25) is 0 Å². The number of unbranched alkanes of at least 4 members (excludes halogenated alkanes) is 5. The summed E-state index contributed by atoms with van der Waals surface area (Å²) in [6.45, 7) is 4.71. The van der Waals surface area contributed by atoms with Crippen LogP contribution in [0.4, 0.5) is 0 Å². The lowest BCUT2D eigenvalue weighted by atomic mass is 10.1. The van der Waals surface area contributed by atoms with Crippen LogP contribution in [0.15, 0.2) is 0 Å². The number of Topliss-reactive ketones (excluding diaryl/α,β-unsaturated/α-hetero) is 1. The van der Waals surface area contributed by atoms with Gasteiger partial charge in [0.05, 0.1) is 6.61 Å². The molecule has 0 aromatic rings. The SMILES string of the molecule is CCCCCCCC(=O)CS(=O)OCCCC. The monoisotopic (exact) mass is 262 g/mol. The normalized spacial score (nSPS) is 12.6. The van der Waals surface area contributed by atoms with Gasteiger partial charge in [-0.15, -0.1) is 0 Å². The molecule has 1 unspecified atom stereocenters. The average Bonchev–Trinajstić information content (AvgIpc) is 2.29. The van der Waals surface area contributed by atoms with E-state index in [9.17, 15) is 9.00 Å². The molecule has 4 heteroatoms. The van der Waals surface area contributed by atoms with Crippen molar-refractivity contribution in [2.24, 2.45) is 0 Å². The Morgan fingerprint density at radius 2 is 1.65 bits per heavy atom. The summed E-state index contributed by atoms with van der Waals surface area (Å²) in [5, 5.41) is 0. The van der Waals surface area contributed by atoms with E-state index in [2.05, 4.69) is 6.92 Å². The van der Waals surface area contributed by atoms with Crippen molar-refractivity contribution in [1.29, 1.82) is 0 Å². The van der Waals surface area contributed by atoms with Crippen LogP contribution in [0.25, 0.3) is 0 Å². The highest BCUT2D eigenvalue weighted by Crippen LogP contribution is 2.06. The lowest BCUT2D eigenvalue weighted by Crippen LogP contribution is -2.13. The number of hydrogen-bond acceptors (Lipinski definition) is 3. The van der Waals surface area contributed by atoms with Crippen LogP contribution in [0, 0.1) is 0 Å². The second kappa shape index (κ2) is 12.2. The molecule has 0 aromatic carbocycles. The van der Waals surface area contributed by atoms with Crippen LogP contribution in [-0.4, -0.2) is 22.4 Å². The molecular formula is C13H26O3S. The van der Waals surface area contributed by atoms with Gasteiger partial charge in [0.25, 0.3) is 0 Å². The zero-order valence-electron chi connectivity index (χ0n) is 11.2. The molecule has 0 heterocycles. The Morgan fingerprint density at radius 1 is 1.00 bits per heavy atom. The molecule has 0 N–H and O–H groups in total. The van der Waals surface area contributed by atoms with Crippen LogP contribution >= 0.6 is 0 Å². The summed E-state index contributed by atoms with van der Waals surface area (Å²) < 4.78 is 16.4. The summed E-state index contributed by atoms with van der Waals surface area (Å²) in [5.41, 5.74) is 0. The Kier molecular flexibility index (Phi) is 12.1. The van der Waals surface area contributed by atoms with Crippen molar-refractivity contribution in [3.63, 3.8) is 0 Å². The molecule has 0 bridgehead atoms. The zero-order chi connectivity index (χ0) is 12.9. The van der Waals surface area contributed by atoms with E-state index in [1.807, 2.05) is 6.92 Å². The van der Waals surface area contributed by atoms with Gasteiger partial charge in [-0.25, -0.2) is 4.21 Å². The van der Waals surface area contributed by atoms with Gasteiger partial charge in [0, 0.05) is 6.42 Å². The fourth-order valence-electron chi connectivity index (χ4n) is 1.47. The second-order valence-corrected chi connectivity index (χ2v) is 5.46. The summed E-state index contributed by atoms with van der Waals surface area (Å²) in [6, 6.07) is 0. The minimum absolute atomic E-state index is 0.0660. The van der Waals surface area contributed by atoms with Gasteiger partial charge in [-0.3, -0.25) is 8.98 Å². The molecule has 0 spiro atoms. The first-order valence-corrected chi connectivity index (χ1v) is 7.98. The Labute approximate surface area is 108 Å². The predicted molar refractivity (Wildman–Crippen MR) is 72.3 cm³/mol. The maximum atomic E-state index is 11.4. The Morgan fingerprint density at radius 3 is 2.29 bits per heavy atom. The standard InChI is InChI=1S/C13H26O3S/c1-3-5-7-8-9-10-13(14)12-17(15)16-11-6-4-2/h3-12H2,1-2H3. The molecule has 0 saturated heterocycles. The number of carbonyl (C=O) groups is 1. The molecule has 3 nitrogen and oxygen atoms in total. The molecule has 0 aliphatic carbocycles. The van der Waals surface area contributed by atoms with Crippen molar-refractivity contribution in [1.82, 2.24) is 0 Å². The summed E-state index contributed by atoms with van der Waals surface area (Å²) in [7, 11) is 0. The van der Waals surface area contributed by atoms with E-state index in [1.54, 1.807) is 0 Å². The number of rotatable bonds is 12. The molecule has 0 rings (SSSR count). The van der Waals surface area contributed by atoms with Crippen LogP contribution in [0.3, 0.4) is 0 Å². The third-order valence-electron chi connectivity index (χ3n) is 2.55. The van der Waals surface area contributed by atoms with E-state index in [1.165, 1.54) is 19.3 Å². The number of carbonyl (C=O) groups excluding carboxylic acids is 1. The van der Waals surface area contributed by atoms with Crippen molar-refractivity contribution in [2.75, 3.05) is 12.4 Å². The fraction of sp³-hybridized carbons (Fsp3) is 0.923. The van der Waals surface area contributed by atoms with Crippen LogP contribution in [-0.2, 0) is 20.1 Å². The predicted octanol–water partition coefficient (Wildman–Crippen LogP) is 3.40. The summed E-state index contributed by atoms with van der Waals surface area (Å²) >= 11 is -1.41. The van der Waals surface area contributed by atoms with Crippen molar-refractivity contribution in [3.05, 3.63) is 0 Å². The van der Waals surface area contributed by atoms with E-state index in [0.717, 1.165) is 25.7 Å². The molecule has 0 aliphatic rings. The average molecular weight is 262 g/mol. The van der Waals surface area contributed by atoms with E-state index < -0.39 is 11.1 Å². The third-order valence-corrected chi connectivity index (χ3v) is 3.54. The molecule has 1 atom stereocenters. The van der Waals surface area contributed by atoms with Gasteiger partial charge in [-0.2, -0.15) is 0 Å². The molecule has 0 aromatic heterocycles. The Hall–Kier alpha value is -0.220. The minimum Gasteiger partial charge on any atom is -0.299 e. The highest BCUT2D eigenvalue weighted by molar-refractivity contribution is 7.80. The van der Waals surface area contributed by atoms with Gasteiger partial charge < -0.3 is 0 Å². The van der Waals surface area contributed by atoms with Crippen LogP contribution in [0.1, 0.15) is 65.2 Å². The van der Waals surface area contributed by atoms with Crippen molar-refractivity contribution in [3.8, 4) is 0 Å². The van der Waals surface area contributed by atoms with Gasteiger partial charge in [-0.1, -0.05) is 46.0 Å². The summed E-state index contributed by atoms with van der Waals surface area (Å²) in [5.74, 6) is 0.133. The molecule has 0 amide bonds. The molecule has 0 aliphatic heterocycles. The first kappa shape index (κ1) is 16.8. The second-order valence-electron chi connectivity index (χ2n) is 4.33. The molecule has 17 heavy (non-hydrogen) atoms. The van der Waals surface area contributed by atoms with Crippen LogP contribution < -0.4 is 0 Å². The van der Waals surface area contributed by atoms with E-state index in [0.29, 0.717) is 13.0 Å². The van der Waals surface area contributed by atoms with Crippen molar-refractivity contribution < 1.29 is 13.2 Å². The first-order valence-electron chi connectivity index (χ1n) is 6.74. The Balaban J connectivity index is 3.41. The quantitative estimate of drug-likeness (QED) is 0.506. The van der Waals surface area contributed by atoms with Gasteiger partial charge in [0.15, 0.2) is 11.1 Å². The van der Waals surface area contributed by atoms with E-state index in [4.69, 9.17) is 4.18 Å². The largest absolute Gasteiger partial charge is 0.299 e.